The van der Waals surface area contributed by atoms with E-state index in [2.05, 4.69) is 10.6 Å². The Bertz CT molecular complexity index is 661. The minimum atomic E-state index is -0.937. The van der Waals surface area contributed by atoms with Gasteiger partial charge in [-0.2, -0.15) is 0 Å². The Morgan fingerprint density at radius 1 is 0.900 bits per heavy atom. The van der Waals surface area contributed by atoms with E-state index in [0.29, 0.717) is 6.07 Å². The Morgan fingerprint density at radius 3 is 2.30 bits per heavy atom. The summed E-state index contributed by atoms with van der Waals surface area (Å²) in [6.45, 7) is 0. The summed E-state index contributed by atoms with van der Waals surface area (Å²) < 4.78 is 39.4. The second-order valence-corrected chi connectivity index (χ2v) is 3.94. The average molecular weight is 281 g/mol. The molecule has 0 unspecified atom stereocenters. The molecule has 4 nitrogen and oxygen atoms in total. The standard InChI is InChI=1S/C13H10F3N3O/c14-7-1-4-11(10(16)5-7)18-13(20)19-12-6-8(17)2-3-9(12)15/h1-6H,17H2,(H2,18,19,20). The summed E-state index contributed by atoms with van der Waals surface area (Å²) in [6.07, 6.45) is 0. The first kappa shape index (κ1) is 13.7. The first-order valence-corrected chi connectivity index (χ1v) is 5.54. The number of hydrogen-bond donors (Lipinski definition) is 3. The van der Waals surface area contributed by atoms with Crippen molar-refractivity contribution < 1.29 is 18.0 Å². The van der Waals surface area contributed by atoms with Gasteiger partial charge in [0.25, 0.3) is 0 Å². The Balaban J connectivity index is 2.11. The van der Waals surface area contributed by atoms with E-state index in [1.165, 1.54) is 12.1 Å². The van der Waals surface area contributed by atoms with Gasteiger partial charge in [0.1, 0.15) is 17.5 Å². The zero-order valence-corrected chi connectivity index (χ0v) is 10.1. The van der Waals surface area contributed by atoms with Crippen molar-refractivity contribution in [3.63, 3.8) is 0 Å². The van der Waals surface area contributed by atoms with Crippen LogP contribution in [0, 0.1) is 17.5 Å². The average Bonchev–Trinajstić information content (AvgIpc) is 2.37. The maximum atomic E-state index is 13.4. The number of amides is 2. The van der Waals surface area contributed by atoms with E-state index in [9.17, 15) is 18.0 Å². The van der Waals surface area contributed by atoms with Gasteiger partial charge in [-0.3, -0.25) is 0 Å². The van der Waals surface area contributed by atoms with E-state index >= 15 is 0 Å². The zero-order valence-electron chi connectivity index (χ0n) is 10.1. The number of urea groups is 1. The molecule has 20 heavy (non-hydrogen) atoms. The molecular formula is C13H10F3N3O. The molecule has 2 amide bonds. The summed E-state index contributed by atoms with van der Waals surface area (Å²) in [5.74, 6) is -2.39. The first-order valence-electron chi connectivity index (χ1n) is 5.54. The van der Waals surface area contributed by atoms with Crippen molar-refractivity contribution in [3.05, 3.63) is 53.8 Å². The lowest BCUT2D eigenvalue weighted by atomic mass is 10.2. The van der Waals surface area contributed by atoms with Crippen LogP contribution in [0.4, 0.5) is 35.0 Å². The number of nitrogens with one attached hydrogen (secondary N) is 2. The zero-order chi connectivity index (χ0) is 14.7. The van der Waals surface area contributed by atoms with Gasteiger partial charge in [-0.05, 0) is 30.3 Å². The van der Waals surface area contributed by atoms with Crippen LogP contribution >= 0.6 is 0 Å². The van der Waals surface area contributed by atoms with E-state index < -0.39 is 23.5 Å². The van der Waals surface area contributed by atoms with Gasteiger partial charge < -0.3 is 16.4 Å². The number of hydrogen-bond acceptors (Lipinski definition) is 2. The van der Waals surface area contributed by atoms with Crippen LogP contribution in [0.2, 0.25) is 0 Å². The van der Waals surface area contributed by atoms with Crippen molar-refractivity contribution in [2.75, 3.05) is 16.4 Å². The number of carbonyl (C=O) groups excluding carboxylic acids is 1. The third-order valence-corrected chi connectivity index (χ3v) is 2.42. The maximum Gasteiger partial charge on any atom is 0.323 e. The normalized spacial score (nSPS) is 10.2. The Labute approximate surface area is 112 Å². The van der Waals surface area contributed by atoms with Crippen LogP contribution in [-0.2, 0) is 0 Å². The summed E-state index contributed by atoms with van der Waals surface area (Å²) in [5, 5.41) is 4.31. The Kier molecular flexibility index (Phi) is 3.79. The van der Waals surface area contributed by atoms with E-state index in [0.717, 1.165) is 18.2 Å². The molecule has 0 aliphatic heterocycles. The van der Waals surface area contributed by atoms with Crippen LogP contribution in [0.1, 0.15) is 0 Å². The Hall–Kier alpha value is -2.70. The minimum Gasteiger partial charge on any atom is -0.399 e. The SMILES string of the molecule is Nc1ccc(F)c(NC(=O)Nc2ccc(F)cc2F)c1. The van der Waals surface area contributed by atoms with Crippen molar-refractivity contribution >= 4 is 23.1 Å². The molecule has 104 valence electrons. The molecular weight excluding hydrogens is 271 g/mol. The predicted octanol–water partition coefficient (Wildman–Crippen LogP) is 3.33. The summed E-state index contributed by atoms with van der Waals surface area (Å²) in [4.78, 5) is 11.6. The predicted molar refractivity (Wildman–Crippen MR) is 69.8 cm³/mol. The van der Waals surface area contributed by atoms with Gasteiger partial charge in [0, 0.05) is 11.8 Å². The van der Waals surface area contributed by atoms with Crippen LogP contribution in [0.3, 0.4) is 0 Å². The van der Waals surface area contributed by atoms with Gasteiger partial charge in [0.2, 0.25) is 0 Å². The molecule has 0 atom stereocenters. The summed E-state index contributed by atoms with van der Waals surface area (Å²) in [7, 11) is 0. The number of nitrogens with two attached hydrogens (primary N) is 1. The largest absolute Gasteiger partial charge is 0.399 e. The molecule has 0 aromatic heterocycles. The maximum absolute atomic E-state index is 13.4. The smallest absolute Gasteiger partial charge is 0.323 e. The highest BCUT2D eigenvalue weighted by Gasteiger charge is 2.10. The fourth-order valence-electron chi connectivity index (χ4n) is 1.51. The van der Waals surface area contributed by atoms with E-state index in [-0.39, 0.29) is 17.1 Å². The number of anilines is 3. The lowest BCUT2D eigenvalue weighted by molar-refractivity contribution is 0.262. The van der Waals surface area contributed by atoms with Gasteiger partial charge >= 0.3 is 6.03 Å². The second kappa shape index (κ2) is 5.52. The molecule has 0 saturated carbocycles. The molecule has 0 heterocycles. The molecule has 0 aliphatic carbocycles. The molecule has 0 bridgehead atoms. The number of benzene rings is 2. The molecule has 2 aromatic carbocycles. The molecule has 0 radical (unpaired) electrons. The minimum absolute atomic E-state index is 0.148. The molecule has 0 fully saturated rings. The summed E-state index contributed by atoms with van der Waals surface area (Å²) in [6, 6.07) is 5.42. The van der Waals surface area contributed by atoms with Crippen LogP contribution < -0.4 is 16.4 Å². The molecule has 2 rings (SSSR count). The third-order valence-electron chi connectivity index (χ3n) is 2.42. The van der Waals surface area contributed by atoms with Crippen LogP contribution in [-0.4, -0.2) is 6.03 Å². The van der Waals surface area contributed by atoms with Gasteiger partial charge in [-0.25, -0.2) is 18.0 Å². The van der Waals surface area contributed by atoms with Crippen molar-refractivity contribution in [3.8, 4) is 0 Å². The molecule has 0 aliphatic rings. The number of halogens is 3. The molecule has 0 saturated heterocycles. The van der Waals surface area contributed by atoms with E-state index in [4.69, 9.17) is 5.73 Å². The highest BCUT2D eigenvalue weighted by Crippen LogP contribution is 2.19. The van der Waals surface area contributed by atoms with Crippen LogP contribution in [0.25, 0.3) is 0 Å². The molecule has 2 aromatic rings. The highest BCUT2D eigenvalue weighted by molar-refractivity contribution is 6.00. The lowest BCUT2D eigenvalue weighted by Crippen LogP contribution is -2.21. The van der Waals surface area contributed by atoms with Crippen molar-refractivity contribution in [1.29, 1.82) is 0 Å². The van der Waals surface area contributed by atoms with E-state index in [1.807, 2.05) is 0 Å². The van der Waals surface area contributed by atoms with Crippen molar-refractivity contribution in [2.45, 2.75) is 0 Å². The Morgan fingerprint density at radius 2 is 1.60 bits per heavy atom. The van der Waals surface area contributed by atoms with Gasteiger partial charge in [-0.1, -0.05) is 0 Å². The number of nitrogen functional groups attached to an aromatic ring is 1. The topological polar surface area (TPSA) is 67.1 Å². The fraction of sp³-hybridized carbons (Fsp3) is 0. The lowest BCUT2D eigenvalue weighted by Gasteiger charge is -2.09. The quantitative estimate of drug-likeness (QED) is 0.739. The second-order valence-electron chi connectivity index (χ2n) is 3.94. The monoisotopic (exact) mass is 281 g/mol. The molecule has 0 spiro atoms. The highest BCUT2D eigenvalue weighted by atomic mass is 19.1. The number of carbonyl (C=O) groups is 1. The summed E-state index contributed by atoms with van der Waals surface area (Å²) >= 11 is 0. The third kappa shape index (κ3) is 3.19. The fourth-order valence-corrected chi connectivity index (χ4v) is 1.51. The van der Waals surface area contributed by atoms with Crippen LogP contribution in [0.15, 0.2) is 36.4 Å². The van der Waals surface area contributed by atoms with Crippen LogP contribution in [0.5, 0.6) is 0 Å². The molecule has 7 heteroatoms. The summed E-state index contributed by atoms with van der Waals surface area (Å²) in [5.41, 5.74) is 5.34. The van der Waals surface area contributed by atoms with Gasteiger partial charge in [0.15, 0.2) is 0 Å². The first-order chi connectivity index (χ1) is 9.45. The van der Waals surface area contributed by atoms with Crippen molar-refractivity contribution in [1.82, 2.24) is 0 Å². The van der Waals surface area contributed by atoms with Gasteiger partial charge in [0.05, 0.1) is 11.4 Å². The molecule has 4 N–H and O–H groups in total. The number of rotatable bonds is 2. The van der Waals surface area contributed by atoms with Crippen molar-refractivity contribution in [2.24, 2.45) is 0 Å². The van der Waals surface area contributed by atoms with E-state index in [1.54, 1.807) is 0 Å². The van der Waals surface area contributed by atoms with Gasteiger partial charge in [-0.15, -0.1) is 0 Å².